The van der Waals surface area contributed by atoms with Crippen LogP contribution >= 0.6 is 0 Å². The van der Waals surface area contributed by atoms with Gasteiger partial charge in [-0.15, -0.1) is 0 Å². The number of rotatable bonds is 4. The van der Waals surface area contributed by atoms with Crippen LogP contribution in [0.1, 0.15) is 12.0 Å². The van der Waals surface area contributed by atoms with Crippen LogP contribution in [0.25, 0.3) is 0 Å². The number of morpholine rings is 1. The van der Waals surface area contributed by atoms with Gasteiger partial charge in [-0.05, 0) is 18.2 Å². The molecule has 0 saturated carbocycles. The molecule has 0 spiro atoms. The molecule has 0 amide bonds. The summed E-state index contributed by atoms with van der Waals surface area (Å²) in [5.74, 6) is -1.22. The molecule has 1 atom stereocenters. The molecule has 0 aliphatic carbocycles. The summed E-state index contributed by atoms with van der Waals surface area (Å²) < 4.78 is 69.3. The highest BCUT2D eigenvalue weighted by Gasteiger charge is 2.37. The number of benzene rings is 1. The molecule has 0 radical (unpaired) electrons. The lowest BCUT2D eigenvalue weighted by Crippen LogP contribution is -2.49. The highest BCUT2D eigenvalue weighted by atomic mass is 32.2. The Morgan fingerprint density at radius 1 is 1.39 bits per heavy atom. The maximum absolute atomic E-state index is 12.7. The van der Waals surface area contributed by atoms with Crippen molar-refractivity contribution in [1.82, 2.24) is 4.31 Å². The van der Waals surface area contributed by atoms with E-state index >= 15 is 0 Å². The fourth-order valence-corrected chi connectivity index (χ4v) is 3.93. The van der Waals surface area contributed by atoms with Crippen molar-refractivity contribution >= 4 is 16.0 Å². The number of carboxylic acid groups (broad SMARTS) is 1. The average Bonchev–Trinajstić information content (AvgIpc) is 2.46. The van der Waals surface area contributed by atoms with Gasteiger partial charge in [0.05, 0.1) is 36.1 Å². The molecule has 1 N–H and O–H groups in total. The quantitative estimate of drug-likeness (QED) is 0.888. The van der Waals surface area contributed by atoms with Crippen LogP contribution in [-0.4, -0.2) is 49.6 Å². The number of carboxylic acids is 1. The van der Waals surface area contributed by atoms with Crippen LogP contribution < -0.4 is 0 Å². The highest BCUT2D eigenvalue weighted by Crippen LogP contribution is 2.31. The van der Waals surface area contributed by atoms with Gasteiger partial charge in [-0.3, -0.25) is 4.79 Å². The average molecular weight is 353 g/mol. The van der Waals surface area contributed by atoms with Crippen molar-refractivity contribution in [3.05, 3.63) is 29.8 Å². The fraction of sp³-hybridized carbons (Fsp3) is 0.462. The zero-order valence-electron chi connectivity index (χ0n) is 11.8. The van der Waals surface area contributed by atoms with E-state index in [-0.39, 0.29) is 19.8 Å². The fourth-order valence-electron chi connectivity index (χ4n) is 2.29. The summed E-state index contributed by atoms with van der Waals surface area (Å²) in [7, 11) is -4.25. The molecule has 2 rings (SSSR count). The van der Waals surface area contributed by atoms with E-state index in [0.29, 0.717) is 6.07 Å². The van der Waals surface area contributed by atoms with Gasteiger partial charge in [-0.25, -0.2) is 8.42 Å². The topological polar surface area (TPSA) is 83.9 Å². The molecule has 1 aromatic rings. The first-order chi connectivity index (χ1) is 10.6. The molecule has 6 nitrogen and oxygen atoms in total. The van der Waals surface area contributed by atoms with Gasteiger partial charge in [-0.2, -0.15) is 17.5 Å². The van der Waals surface area contributed by atoms with E-state index in [1.165, 1.54) is 0 Å². The standard InChI is InChI=1S/C13H14F3NO5S/c14-13(15,16)9-2-1-3-11(6-9)23(20,21)17-4-5-22-8-10(17)7-12(18)19/h1-3,6,10H,4-5,7-8H2,(H,18,19)/t10-/m1/s1. The lowest BCUT2D eigenvalue weighted by molar-refractivity contribution is -0.139. The number of hydrogen-bond donors (Lipinski definition) is 1. The third kappa shape index (κ3) is 4.01. The zero-order chi connectivity index (χ0) is 17.3. The van der Waals surface area contributed by atoms with Crippen molar-refractivity contribution in [2.45, 2.75) is 23.5 Å². The van der Waals surface area contributed by atoms with Crippen molar-refractivity contribution in [3.8, 4) is 0 Å². The SMILES string of the molecule is O=C(O)C[C@@H]1COCCN1S(=O)(=O)c1cccc(C(F)(F)F)c1. The Kier molecular flexibility index (Phi) is 4.97. The molecule has 1 aliphatic heterocycles. The summed E-state index contributed by atoms with van der Waals surface area (Å²) in [6.45, 7) is -0.185. The van der Waals surface area contributed by atoms with E-state index in [0.717, 1.165) is 22.5 Å². The normalized spacial score (nSPS) is 20.4. The van der Waals surface area contributed by atoms with Crippen molar-refractivity contribution < 1.29 is 36.2 Å². The number of ether oxygens (including phenoxy) is 1. The Balaban J connectivity index is 2.38. The minimum atomic E-state index is -4.67. The van der Waals surface area contributed by atoms with Crippen LogP contribution in [0, 0.1) is 0 Å². The van der Waals surface area contributed by atoms with Crippen LogP contribution in [0.15, 0.2) is 29.2 Å². The van der Waals surface area contributed by atoms with Crippen molar-refractivity contribution in [3.63, 3.8) is 0 Å². The number of carbonyl (C=O) groups is 1. The molecule has 0 bridgehead atoms. The second-order valence-electron chi connectivity index (χ2n) is 4.97. The van der Waals surface area contributed by atoms with Crippen LogP contribution in [-0.2, 0) is 25.7 Å². The molecule has 1 aromatic carbocycles. The number of nitrogens with zero attached hydrogens (tertiary/aromatic N) is 1. The smallest absolute Gasteiger partial charge is 0.416 e. The van der Waals surface area contributed by atoms with Gasteiger partial charge in [0, 0.05) is 6.54 Å². The third-order valence-electron chi connectivity index (χ3n) is 3.35. The molecule has 1 heterocycles. The van der Waals surface area contributed by atoms with Gasteiger partial charge in [0.25, 0.3) is 0 Å². The second kappa shape index (κ2) is 6.46. The second-order valence-corrected chi connectivity index (χ2v) is 6.86. The molecule has 128 valence electrons. The lowest BCUT2D eigenvalue weighted by atomic mass is 10.2. The van der Waals surface area contributed by atoms with Gasteiger partial charge in [0.15, 0.2) is 0 Å². The predicted octanol–water partition coefficient (Wildman–Crippen LogP) is 1.57. The number of hydrogen-bond acceptors (Lipinski definition) is 4. The molecule has 0 aromatic heterocycles. The minimum absolute atomic E-state index is 0.0499. The molecule has 1 saturated heterocycles. The first-order valence-corrected chi connectivity index (χ1v) is 8.05. The van der Waals surface area contributed by atoms with Crippen LogP contribution in [0.4, 0.5) is 13.2 Å². The Morgan fingerprint density at radius 2 is 2.09 bits per heavy atom. The van der Waals surface area contributed by atoms with Gasteiger partial charge < -0.3 is 9.84 Å². The minimum Gasteiger partial charge on any atom is -0.481 e. The van der Waals surface area contributed by atoms with Crippen LogP contribution in [0.3, 0.4) is 0 Å². The molecular weight excluding hydrogens is 339 g/mol. The number of aliphatic carboxylic acids is 1. The number of alkyl halides is 3. The summed E-state index contributed by atoms with van der Waals surface area (Å²) in [6, 6.07) is 2.41. The summed E-state index contributed by atoms with van der Waals surface area (Å²) in [5.41, 5.74) is -1.08. The molecule has 10 heteroatoms. The Bertz CT molecular complexity index is 689. The van der Waals surface area contributed by atoms with E-state index in [4.69, 9.17) is 9.84 Å². The zero-order valence-corrected chi connectivity index (χ0v) is 12.6. The first kappa shape index (κ1) is 17.7. The first-order valence-electron chi connectivity index (χ1n) is 6.61. The Labute approximate surface area is 130 Å². The number of sulfonamides is 1. The molecule has 1 aliphatic rings. The molecule has 23 heavy (non-hydrogen) atoms. The van der Waals surface area contributed by atoms with Crippen LogP contribution in [0.2, 0.25) is 0 Å². The van der Waals surface area contributed by atoms with E-state index in [9.17, 15) is 26.4 Å². The summed E-state index contributed by atoms with van der Waals surface area (Å²) in [5, 5.41) is 8.84. The van der Waals surface area contributed by atoms with E-state index in [1.807, 2.05) is 0 Å². The van der Waals surface area contributed by atoms with Crippen molar-refractivity contribution in [2.75, 3.05) is 19.8 Å². The highest BCUT2D eigenvalue weighted by molar-refractivity contribution is 7.89. The molecular formula is C13H14F3NO5S. The van der Waals surface area contributed by atoms with E-state index in [1.54, 1.807) is 0 Å². The van der Waals surface area contributed by atoms with Crippen molar-refractivity contribution in [1.29, 1.82) is 0 Å². The van der Waals surface area contributed by atoms with Gasteiger partial charge in [0.2, 0.25) is 10.0 Å². The van der Waals surface area contributed by atoms with E-state index in [2.05, 4.69) is 0 Å². The molecule has 0 unspecified atom stereocenters. The summed E-state index contributed by atoms with van der Waals surface area (Å²) in [4.78, 5) is 10.3. The summed E-state index contributed by atoms with van der Waals surface area (Å²) >= 11 is 0. The predicted molar refractivity (Wildman–Crippen MR) is 72.2 cm³/mol. The van der Waals surface area contributed by atoms with E-state index < -0.39 is 45.1 Å². The van der Waals surface area contributed by atoms with Gasteiger partial charge in [0.1, 0.15) is 0 Å². The van der Waals surface area contributed by atoms with Crippen LogP contribution in [0.5, 0.6) is 0 Å². The monoisotopic (exact) mass is 353 g/mol. The summed E-state index contributed by atoms with van der Waals surface area (Å²) in [6.07, 6.45) is -5.16. The van der Waals surface area contributed by atoms with Gasteiger partial charge >= 0.3 is 12.1 Å². The van der Waals surface area contributed by atoms with Gasteiger partial charge in [-0.1, -0.05) is 6.07 Å². The van der Waals surface area contributed by atoms with Crippen molar-refractivity contribution in [2.24, 2.45) is 0 Å². The lowest BCUT2D eigenvalue weighted by Gasteiger charge is -2.33. The molecule has 1 fully saturated rings. The third-order valence-corrected chi connectivity index (χ3v) is 5.30. The Hall–Kier alpha value is -1.65. The number of halogens is 3. The Morgan fingerprint density at radius 3 is 2.70 bits per heavy atom. The largest absolute Gasteiger partial charge is 0.481 e. The maximum Gasteiger partial charge on any atom is 0.416 e. The maximum atomic E-state index is 12.7.